The molecule has 1 N–H and O–H groups in total. The topological polar surface area (TPSA) is 50.7 Å². The molecule has 0 aromatic carbocycles. The molecule has 0 heterocycles. The highest BCUT2D eigenvalue weighted by atomic mass is 16.5. The van der Waals surface area contributed by atoms with Gasteiger partial charge in [-0.05, 0) is 19.3 Å². The Morgan fingerprint density at radius 1 is 1.69 bits per heavy atom. The smallest absolute Gasteiger partial charge is 0.236 e. The van der Waals surface area contributed by atoms with Gasteiger partial charge in [-0.3, -0.25) is 4.79 Å². The number of hydrogen-bond donors (Lipinski definition) is 1. The van der Waals surface area contributed by atoms with Crippen LogP contribution in [0, 0.1) is 0 Å². The van der Waals surface area contributed by atoms with Crippen LogP contribution in [0.3, 0.4) is 0 Å². The van der Waals surface area contributed by atoms with Crippen molar-refractivity contribution in [1.29, 1.82) is 0 Å². The van der Waals surface area contributed by atoms with E-state index in [9.17, 15) is 4.79 Å². The van der Waals surface area contributed by atoms with Crippen LogP contribution >= 0.6 is 0 Å². The second-order valence-electron chi connectivity index (χ2n) is 3.30. The summed E-state index contributed by atoms with van der Waals surface area (Å²) in [6, 6.07) is 0. The first-order valence-electron chi connectivity index (χ1n) is 4.57. The highest BCUT2D eigenvalue weighted by Gasteiger charge is 2.17. The van der Waals surface area contributed by atoms with Gasteiger partial charge in [-0.15, -0.1) is 0 Å². The molecule has 74 valence electrons. The van der Waals surface area contributed by atoms with Gasteiger partial charge in [0.1, 0.15) is 0 Å². The summed E-state index contributed by atoms with van der Waals surface area (Å²) in [7, 11) is 1.71. The van der Waals surface area contributed by atoms with E-state index in [0.717, 1.165) is 31.4 Å². The fraction of sp³-hybridized carbons (Fsp3) is 0.778. The van der Waals surface area contributed by atoms with Crippen molar-refractivity contribution in [2.75, 3.05) is 7.11 Å². The number of methoxy groups -OCH3 is 1. The van der Waals surface area contributed by atoms with E-state index in [2.05, 4.69) is 10.5 Å². The van der Waals surface area contributed by atoms with E-state index in [4.69, 9.17) is 4.74 Å². The molecular weight excluding hydrogens is 168 g/mol. The minimum atomic E-state index is -0.118. The van der Waals surface area contributed by atoms with Gasteiger partial charge in [-0.1, -0.05) is 0 Å². The van der Waals surface area contributed by atoms with Crippen LogP contribution in [0.1, 0.15) is 32.6 Å². The second kappa shape index (κ2) is 4.97. The van der Waals surface area contributed by atoms with E-state index in [1.165, 1.54) is 6.92 Å². The number of hydrazone groups is 1. The standard InChI is InChI=1S/C9H16N2O2/c1-7(12)10-11-8-4-3-5-9(6-8)13-2/h9H,3-6H2,1-2H3,(H,10,12)/b11-8+. The Hall–Kier alpha value is -0.900. The van der Waals surface area contributed by atoms with E-state index < -0.39 is 0 Å². The van der Waals surface area contributed by atoms with E-state index >= 15 is 0 Å². The minimum Gasteiger partial charge on any atom is -0.381 e. The van der Waals surface area contributed by atoms with Crippen molar-refractivity contribution in [3.05, 3.63) is 0 Å². The minimum absolute atomic E-state index is 0.118. The highest BCUT2D eigenvalue weighted by Crippen LogP contribution is 2.17. The fourth-order valence-corrected chi connectivity index (χ4v) is 1.46. The van der Waals surface area contributed by atoms with Crippen LogP contribution in [-0.2, 0) is 9.53 Å². The van der Waals surface area contributed by atoms with Crippen molar-refractivity contribution in [2.24, 2.45) is 5.10 Å². The molecule has 0 aromatic heterocycles. The van der Waals surface area contributed by atoms with Crippen LogP contribution in [0.2, 0.25) is 0 Å². The van der Waals surface area contributed by atoms with Crippen molar-refractivity contribution in [2.45, 2.75) is 38.7 Å². The first-order chi connectivity index (χ1) is 6.22. The van der Waals surface area contributed by atoms with Gasteiger partial charge in [0.25, 0.3) is 0 Å². The van der Waals surface area contributed by atoms with Crippen molar-refractivity contribution in [1.82, 2.24) is 5.43 Å². The maximum absolute atomic E-state index is 10.6. The zero-order valence-corrected chi connectivity index (χ0v) is 8.17. The summed E-state index contributed by atoms with van der Waals surface area (Å²) in [6.45, 7) is 1.46. The molecule has 4 nitrogen and oxygen atoms in total. The number of nitrogens with one attached hydrogen (secondary N) is 1. The van der Waals surface area contributed by atoms with Gasteiger partial charge < -0.3 is 4.74 Å². The van der Waals surface area contributed by atoms with Crippen LogP contribution in [-0.4, -0.2) is 24.8 Å². The molecule has 0 bridgehead atoms. The molecule has 1 rings (SSSR count). The van der Waals surface area contributed by atoms with Crippen LogP contribution in [0.15, 0.2) is 5.10 Å². The lowest BCUT2D eigenvalue weighted by molar-refractivity contribution is -0.118. The summed E-state index contributed by atoms with van der Waals surface area (Å²) in [4.78, 5) is 10.6. The van der Waals surface area contributed by atoms with Crippen LogP contribution < -0.4 is 5.43 Å². The summed E-state index contributed by atoms with van der Waals surface area (Å²) in [6.07, 6.45) is 4.28. The third-order valence-corrected chi connectivity index (χ3v) is 2.16. The van der Waals surface area contributed by atoms with Gasteiger partial charge in [-0.25, -0.2) is 5.43 Å². The van der Waals surface area contributed by atoms with Crippen LogP contribution in [0.4, 0.5) is 0 Å². The molecule has 0 aromatic rings. The molecule has 1 fully saturated rings. The Balaban J connectivity index is 2.41. The van der Waals surface area contributed by atoms with Gasteiger partial charge in [0, 0.05) is 26.2 Å². The SMILES string of the molecule is COC1CCC/C(=N\NC(C)=O)C1. The Morgan fingerprint density at radius 3 is 3.08 bits per heavy atom. The van der Waals surface area contributed by atoms with Crippen molar-refractivity contribution in [3.63, 3.8) is 0 Å². The molecule has 1 aliphatic rings. The largest absolute Gasteiger partial charge is 0.381 e. The summed E-state index contributed by atoms with van der Waals surface area (Å²) >= 11 is 0. The van der Waals surface area contributed by atoms with Crippen LogP contribution in [0.5, 0.6) is 0 Å². The summed E-state index contributed by atoms with van der Waals surface area (Å²) < 4.78 is 5.23. The van der Waals surface area contributed by atoms with Gasteiger partial charge in [0.05, 0.1) is 6.10 Å². The number of carbonyl (C=O) groups excluding carboxylic acids is 1. The molecule has 13 heavy (non-hydrogen) atoms. The maximum Gasteiger partial charge on any atom is 0.236 e. The summed E-state index contributed by atoms with van der Waals surface area (Å²) in [5.74, 6) is -0.118. The molecule has 1 saturated carbocycles. The van der Waals surface area contributed by atoms with Gasteiger partial charge in [-0.2, -0.15) is 5.10 Å². The average molecular weight is 184 g/mol. The lowest BCUT2D eigenvalue weighted by Gasteiger charge is -2.21. The first-order valence-corrected chi connectivity index (χ1v) is 4.57. The third-order valence-electron chi connectivity index (χ3n) is 2.16. The summed E-state index contributed by atoms with van der Waals surface area (Å²) in [5.41, 5.74) is 3.49. The van der Waals surface area contributed by atoms with Gasteiger partial charge >= 0.3 is 0 Å². The lowest BCUT2D eigenvalue weighted by Crippen LogP contribution is -2.24. The molecule has 4 heteroatoms. The number of carbonyl (C=O) groups is 1. The monoisotopic (exact) mass is 184 g/mol. The molecule has 0 spiro atoms. The fourth-order valence-electron chi connectivity index (χ4n) is 1.46. The Morgan fingerprint density at radius 2 is 2.46 bits per heavy atom. The Labute approximate surface area is 78.3 Å². The van der Waals surface area contributed by atoms with Crippen molar-refractivity contribution in [3.8, 4) is 0 Å². The maximum atomic E-state index is 10.6. The third kappa shape index (κ3) is 3.55. The lowest BCUT2D eigenvalue weighted by atomic mass is 9.96. The van der Waals surface area contributed by atoms with E-state index in [1.807, 2.05) is 0 Å². The first kappa shape index (κ1) is 10.2. The van der Waals surface area contributed by atoms with E-state index in [1.54, 1.807) is 7.11 Å². The molecule has 0 saturated heterocycles. The van der Waals surface area contributed by atoms with E-state index in [0.29, 0.717) is 0 Å². The molecule has 1 aliphatic carbocycles. The zero-order valence-electron chi connectivity index (χ0n) is 8.17. The molecular formula is C9H16N2O2. The predicted octanol–water partition coefficient (Wildman–Crippen LogP) is 1.07. The average Bonchev–Trinajstić information content (AvgIpc) is 2.15. The van der Waals surface area contributed by atoms with E-state index in [-0.39, 0.29) is 12.0 Å². The van der Waals surface area contributed by atoms with Gasteiger partial charge in [0.2, 0.25) is 5.91 Å². The normalized spacial score (nSPS) is 26.0. The number of amides is 1. The molecule has 1 amide bonds. The number of rotatable bonds is 2. The molecule has 0 aliphatic heterocycles. The molecule has 0 radical (unpaired) electrons. The number of ether oxygens (including phenoxy) is 1. The highest BCUT2D eigenvalue weighted by molar-refractivity contribution is 5.86. The molecule has 1 unspecified atom stereocenters. The number of nitrogens with zero attached hydrogens (tertiary/aromatic N) is 1. The number of hydrogen-bond acceptors (Lipinski definition) is 3. The predicted molar refractivity (Wildman–Crippen MR) is 50.5 cm³/mol. The summed E-state index contributed by atoms with van der Waals surface area (Å²) in [5, 5.41) is 4.02. The zero-order chi connectivity index (χ0) is 9.68. The van der Waals surface area contributed by atoms with Crippen molar-refractivity contribution >= 4 is 11.6 Å². The molecule has 1 atom stereocenters. The van der Waals surface area contributed by atoms with Gasteiger partial charge in [0.15, 0.2) is 0 Å². The Kier molecular flexibility index (Phi) is 3.89. The Bertz CT molecular complexity index is 214. The van der Waals surface area contributed by atoms with Crippen LogP contribution in [0.25, 0.3) is 0 Å². The quantitative estimate of drug-likeness (QED) is 0.652. The second-order valence-corrected chi connectivity index (χ2v) is 3.30. The van der Waals surface area contributed by atoms with Crippen molar-refractivity contribution < 1.29 is 9.53 Å².